The molecule has 0 aromatic heterocycles. The maximum absolute atomic E-state index is 5.50. The maximum Gasteiger partial charge on any atom is 0.0256 e. The van der Waals surface area contributed by atoms with Crippen molar-refractivity contribution >= 4 is 0 Å². The molecule has 0 aliphatic carbocycles. The minimum atomic E-state index is 1.01. The fraction of sp³-hybridized carbons (Fsp3) is 0.500. The van der Waals surface area contributed by atoms with Gasteiger partial charge >= 0.3 is 0 Å². The van der Waals surface area contributed by atoms with Gasteiger partial charge in [-0.2, -0.15) is 0 Å². The van der Waals surface area contributed by atoms with E-state index in [4.69, 9.17) is 5.84 Å². The Bertz CT molecular complexity index is 243. The summed E-state index contributed by atoms with van der Waals surface area (Å²) in [5, 5.41) is 1.86. The summed E-state index contributed by atoms with van der Waals surface area (Å²) in [6, 6.07) is 10.3. The lowest BCUT2D eigenvalue weighted by Crippen LogP contribution is -2.47. The zero-order valence-electron chi connectivity index (χ0n) is 9.69. The number of piperazine rings is 1. The molecule has 84 valence electrons. The lowest BCUT2D eigenvalue weighted by molar-refractivity contribution is 0.156. The lowest BCUT2D eigenvalue weighted by Gasteiger charge is -2.28. The van der Waals surface area contributed by atoms with Gasteiger partial charge in [0.2, 0.25) is 0 Å². The van der Waals surface area contributed by atoms with Crippen LogP contribution in [0.1, 0.15) is 5.56 Å². The number of nitrogens with zero attached hydrogens (tertiary/aromatic N) is 2. The normalized spacial score (nSPS) is 18.1. The number of hydrogen-bond donors (Lipinski definition) is 1. The number of benzene rings is 1. The molecule has 1 heterocycles. The molecule has 0 radical (unpaired) electrons. The van der Waals surface area contributed by atoms with Gasteiger partial charge in [-0.05, 0) is 14.0 Å². The molecule has 1 fully saturated rings. The summed E-state index contributed by atoms with van der Waals surface area (Å²) in [7, 11) is 2.12. The van der Waals surface area contributed by atoms with Gasteiger partial charge in [-0.3, -0.25) is 5.84 Å². The molecule has 3 heteroatoms. The Kier molecular flexibility index (Phi) is 5.32. The Balaban J connectivity index is 0.000000151. The van der Waals surface area contributed by atoms with Crippen molar-refractivity contribution in [3.63, 3.8) is 0 Å². The maximum atomic E-state index is 5.50. The standard InChI is InChI=1S/C7H8.C5H13N3/c1-7-5-3-2-4-6-7;1-7-2-4-8(6)5-3-7/h2-6H,1H3;2-6H2,1H3. The fourth-order valence-electron chi connectivity index (χ4n) is 1.36. The highest BCUT2D eigenvalue weighted by Crippen LogP contribution is 1.92. The van der Waals surface area contributed by atoms with Crippen molar-refractivity contribution < 1.29 is 0 Å². The van der Waals surface area contributed by atoms with Gasteiger partial charge in [0.1, 0.15) is 0 Å². The van der Waals surface area contributed by atoms with Crippen LogP contribution < -0.4 is 5.84 Å². The second-order valence-corrected chi connectivity index (χ2v) is 3.99. The number of rotatable bonds is 0. The molecule has 0 saturated carbocycles. The van der Waals surface area contributed by atoms with Gasteiger partial charge in [0, 0.05) is 26.2 Å². The molecule has 0 atom stereocenters. The van der Waals surface area contributed by atoms with Crippen molar-refractivity contribution in [2.24, 2.45) is 5.84 Å². The highest BCUT2D eigenvalue weighted by Gasteiger charge is 2.08. The zero-order chi connectivity index (χ0) is 11.1. The smallest absolute Gasteiger partial charge is 0.0256 e. The first-order chi connectivity index (χ1) is 7.18. The summed E-state index contributed by atoms with van der Waals surface area (Å²) in [5.74, 6) is 5.50. The van der Waals surface area contributed by atoms with Crippen LogP contribution in [-0.4, -0.2) is 43.1 Å². The van der Waals surface area contributed by atoms with Crippen LogP contribution in [-0.2, 0) is 0 Å². The van der Waals surface area contributed by atoms with Crippen LogP contribution in [0.3, 0.4) is 0 Å². The Morgan fingerprint density at radius 3 is 1.87 bits per heavy atom. The van der Waals surface area contributed by atoms with Crippen LogP contribution in [0.25, 0.3) is 0 Å². The SMILES string of the molecule is CN1CCN(N)CC1.Cc1ccccc1. The third-order valence-electron chi connectivity index (χ3n) is 2.48. The zero-order valence-corrected chi connectivity index (χ0v) is 9.69. The van der Waals surface area contributed by atoms with E-state index in [2.05, 4.69) is 31.0 Å². The Morgan fingerprint density at radius 1 is 1.00 bits per heavy atom. The molecular weight excluding hydrogens is 186 g/mol. The summed E-state index contributed by atoms with van der Waals surface area (Å²) in [6.07, 6.45) is 0. The quantitative estimate of drug-likeness (QED) is 0.647. The summed E-state index contributed by atoms with van der Waals surface area (Å²) in [6.45, 7) is 6.32. The fourth-order valence-corrected chi connectivity index (χ4v) is 1.36. The predicted molar refractivity (Wildman–Crippen MR) is 64.4 cm³/mol. The van der Waals surface area contributed by atoms with E-state index in [9.17, 15) is 0 Å². The van der Waals surface area contributed by atoms with Gasteiger partial charge in [-0.1, -0.05) is 35.9 Å². The molecule has 1 saturated heterocycles. The van der Waals surface area contributed by atoms with E-state index in [1.807, 2.05) is 23.2 Å². The van der Waals surface area contributed by atoms with Crippen molar-refractivity contribution in [1.82, 2.24) is 9.91 Å². The van der Waals surface area contributed by atoms with Crippen LogP contribution in [0.5, 0.6) is 0 Å². The summed E-state index contributed by atoms with van der Waals surface area (Å²) in [5.41, 5.74) is 1.32. The van der Waals surface area contributed by atoms with Crippen molar-refractivity contribution in [1.29, 1.82) is 0 Å². The Morgan fingerprint density at radius 2 is 1.53 bits per heavy atom. The van der Waals surface area contributed by atoms with E-state index in [1.54, 1.807) is 0 Å². The van der Waals surface area contributed by atoms with Crippen molar-refractivity contribution in [3.05, 3.63) is 35.9 Å². The molecule has 1 aromatic carbocycles. The molecule has 3 nitrogen and oxygen atoms in total. The highest BCUT2D eigenvalue weighted by molar-refractivity contribution is 5.11. The molecule has 1 aromatic rings. The minimum Gasteiger partial charge on any atom is -0.304 e. The first-order valence-electron chi connectivity index (χ1n) is 5.38. The molecule has 1 aliphatic rings. The van der Waals surface area contributed by atoms with E-state index in [0.717, 1.165) is 26.2 Å². The molecule has 15 heavy (non-hydrogen) atoms. The van der Waals surface area contributed by atoms with Crippen LogP contribution >= 0.6 is 0 Å². The van der Waals surface area contributed by atoms with E-state index >= 15 is 0 Å². The molecule has 0 unspecified atom stereocenters. The van der Waals surface area contributed by atoms with Crippen LogP contribution in [0.15, 0.2) is 30.3 Å². The summed E-state index contributed by atoms with van der Waals surface area (Å²) < 4.78 is 0. The van der Waals surface area contributed by atoms with Crippen molar-refractivity contribution in [2.45, 2.75) is 6.92 Å². The monoisotopic (exact) mass is 207 g/mol. The van der Waals surface area contributed by atoms with Crippen LogP contribution in [0.2, 0.25) is 0 Å². The third kappa shape index (κ3) is 5.52. The minimum absolute atomic E-state index is 1.01. The Hall–Kier alpha value is -0.900. The molecule has 1 aliphatic heterocycles. The van der Waals surface area contributed by atoms with Gasteiger partial charge in [-0.15, -0.1) is 0 Å². The second-order valence-electron chi connectivity index (χ2n) is 3.99. The van der Waals surface area contributed by atoms with Gasteiger partial charge < -0.3 is 4.90 Å². The second kappa shape index (κ2) is 6.56. The molecular formula is C12H21N3. The number of likely N-dealkylation sites (N-methyl/N-ethyl adjacent to an activating group) is 1. The van der Waals surface area contributed by atoms with Crippen LogP contribution in [0, 0.1) is 6.92 Å². The van der Waals surface area contributed by atoms with E-state index in [0.29, 0.717) is 0 Å². The van der Waals surface area contributed by atoms with Crippen molar-refractivity contribution in [3.8, 4) is 0 Å². The molecule has 0 spiro atoms. The Labute approximate surface area is 92.5 Å². The average Bonchev–Trinajstić information content (AvgIpc) is 2.25. The third-order valence-corrected chi connectivity index (χ3v) is 2.48. The van der Waals surface area contributed by atoms with Gasteiger partial charge in [0.05, 0.1) is 0 Å². The van der Waals surface area contributed by atoms with E-state index in [1.165, 1.54) is 5.56 Å². The number of hydrazine groups is 1. The van der Waals surface area contributed by atoms with Crippen molar-refractivity contribution in [2.75, 3.05) is 33.2 Å². The topological polar surface area (TPSA) is 32.5 Å². The van der Waals surface area contributed by atoms with Crippen LogP contribution in [0.4, 0.5) is 0 Å². The predicted octanol–water partition coefficient (Wildman–Crippen LogP) is 1.10. The number of hydrogen-bond acceptors (Lipinski definition) is 3. The molecule has 2 rings (SSSR count). The first kappa shape index (κ1) is 12.2. The largest absolute Gasteiger partial charge is 0.304 e. The van der Waals surface area contributed by atoms with Gasteiger partial charge in [-0.25, -0.2) is 5.01 Å². The average molecular weight is 207 g/mol. The highest BCUT2D eigenvalue weighted by atomic mass is 15.4. The lowest BCUT2D eigenvalue weighted by atomic mass is 10.2. The molecule has 0 bridgehead atoms. The van der Waals surface area contributed by atoms with E-state index < -0.39 is 0 Å². The molecule has 2 N–H and O–H groups in total. The number of nitrogens with two attached hydrogens (primary N) is 1. The van der Waals surface area contributed by atoms with Gasteiger partial charge in [0.25, 0.3) is 0 Å². The van der Waals surface area contributed by atoms with E-state index in [-0.39, 0.29) is 0 Å². The first-order valence-corrected chi connectivity index (χ1v) is 5.38. The number of aryl methyl sites for hydroxylation is 1. The van der Waals surface area contributed by atoms with Gasteiger partial charge in [0.15, 0.2) is 0 Å². The molecule has 0 amide bonds. The summed E-state index contributed by atoms with van der Waals surface area (Å²) in [4.78, 5) is 2.28. The summed E-state index contributed by atoms with van der Waals surface area (Å²) >= 11 is 0.